The van der Waals surface area contributed by atoms with E-state index < -0.39 is 0 Å². The van der Waals surface area contributed by atoms with Crippen LogP contribution in [0.4, 0.5) is 5.82 Å². The van der Waals surface area contributed by atoms with E-state index in [-0.39, 0.29) is 11.6 Å². The molecule has 0 spiro atoms. The maximum atomic E-state index is 12.1. The Morgan fingerprint density at radius 1 is 1.37 bits per heavy atom. The van der Waals surface area contributed by atoms with Crippen molar-refractivity contribution in [2.24, 2.45) is 5.92 Å². The number of nitrogens with one attached hydrogen (secondary N) is 1. The van der Waals surface area contributed by atoms with Crippen molar-refractivity contribution in [3.05, 3.63) is 45.4 Å². The van der Waals surface area contributed by atoms with E-state index in [0.717, 1.165) is 43.0 Å². The Hall–Kier alpha value is -2.41. The van der Waals surface area contributed by atoms with Gasteiger partial charge in [-0.25, -0.2) is 9.97 Å². The minimum absolute atomic E-state index is 0.110. The van der Waals surface area contributed by atoms with Crippen LogP contribution in [-0.4, -0.2) is 31.3 Å². The molecule has 0 amide bonds. The number of rotatable bonds is 4. The lowest BCUT2D eigenvalue weighted by Gasteiger charge is -2.26. The standard InChI is InChI=1S/C19H23ClN6O/c1-11(2)9-26-18(20)17(12(3)24-26)15-5-4-6-25(15)16-7-13-14(8-21-16)22-10-23-19(13)27/h7-8,10-11,15H,4-6,9H2,1-3H3,(H,22,23,27). The second kappa shape index (κ2) is 6.96. The van der Waals surface area contributed by atoms with Crippen LogP contribution in [0.3, 0.4) is 0 Å². The van der Waals surface area contributed by atoms with Gasteiger partial charge in [-0.05, 0) is 31.7 Å². The lowest BCUT2D eigenvalue weighted by molar-refractivity contribution is 0.481. The SMILES string of the molecule is Cc1nn(CC(C)C)c(Cl)c1C1CCCN1c1cc2c(=O)[nH]cnc2cn1. The summed E-state index contributed by atoms with van der Waals surface area (Å²) in [6.45, 7) is 7.98. The number of aryl methyl sites for hydroxylation is 1. The van der Waals surface area contributed by atoms with Gasteiger partial charge in [0.1, 0.15) is 11.0 Å². The Labute approximate surface area is 162 Å². The third-order valence-electron chi connectivity index (χ3n) is 5.04. The highest BCUT2D eigenvalue weighted by atomic mass is 35.5. The summed E-state index contributed by atoms with van der Waals surface area (Å²) < 4.78 is 1.90. The maximum absolute atomic E-state index is 12.1. The summed E-state index contributed by atoms with van der Waals surface area (Å²) >= 11 is 6.72. The molecule has 3 aromatic rings. The molecule has 8 heteroatoms. The van der Waals surface area contributed by atoms with Crippen LogP contribution in [0.1, 0.15) is 44.0 Å². The number of fused-ring (bicyclic) bond motifs is 1. The van der Waals surface area contributed by atoms with Crippen molar-refractivity contribution in [2.75, 3.05) is 11.4 Å². The average molecular weight is 387 g/mol. The molecule has 0 aliphatic carbocycles. The van der Waals surface area contributed by atoms with Crippen molar-refractivity contribution >= 4 is 28.3 Å². The van der Waals surface area contributed by atoms with Crippen LogP contribution >= 0.6 is 11.6 Å². The van der Waals surface area contributed by atoms with Gasteiger partial charge in [-0.15, -0.1) is 0 Å². The van der Waals surface area contributed by atoms with Crippen LogP contribution in [0.2, 0.25) is 5.15 Å². The van der Waals surface area contributed by atoms with Gasteiger partial charge < -0.3 is 9.88 Å². The first kappa shape index (κ1) is 18.0. The summed E-state index contributed by atoms with van der Waals surface area (Å²) in [4.78, 5) is 25.7. The molecule has 1 saturated heterocycles. The Kier molecular flexibility index (Phi) is 4.63. The average Bonchev–Trinajstić information content (AvgIpc) is 3.19. The quantitative estimate of drug-likeness (QED) is 0.742. The maximum Gasteiger partial charge on any atom is 0.258 e. The van der Waals surface area contributed by atoms with Gasteiger partial charge in [-0.1, -0.05) is 25.4 Å². The van der Waals surface area contributed by atoms with Crippen LogP contribution in [0.5, 0.6) is 0 Å². The summed E-state index contributed by atoms with van der Waals surface area (Å²) in [6.07, 6.45) is 5.08. The number of hydrogen-bond acceptors (Lipinski definition) is 5. The fraction of sp³-hybridized carbons (Fsp3) is 0.474. The van der Waals surface area contributed by atoms with E-state index >= 15 is 0 Å². The minimum atomic E-state index is -0.154. The minimum Gasteiger partial charge on any atom is -0.349 e. The molecule has 1 aliphatic heterocycles. The molecule has 142 valence electrons. The summed E-state index contributed by atoms with van der Waals surface area (Å²) in [5.74, 6) is 1.24. The zero-order chi connectivity index (χ0) is 19.1. The summed E-state index contributed by atoms with van der Waals surface area (Å²) in [5.41, 5.74) is 2.46. The van der Waals surface area contributed by atoms with Gasteiger partial charge in [0.2, 0.25) is 0 Å². The Morgan fingerprint density at radius 2 is 2.19 bits per heavy atom. The molecule has 27 heavy (non-hydrogen) atoms. The molecule has 1 atom stereocenters. The first-order valence-electron chi connectivity index (χ1n) is 9.28. The van der Waals surface area contributed by atoms with Gasteiger partial charge in [0.05, 0.1) is 35.2 Å². The van der Waals surface area contributed by atoms with Crippen LogP contribution in [0.25, 0.3) is 10.9 Å². The van der Waals surface area contributed by atoms with E-state index in [1.807, 2.05) is 17.7 Å². The van der Waals surface area contributed by atoms with Crippen molar-refractivity contribution in [3.63, 3.8) is 0 Å². The van der Waals surface area contributed by atoms with E-state index in [1.165, 1.54) is 6.33 Å². The monoisotopic (exact) mass is 386 g/mol. The fourth-order valence-corrected chi connectivity index (χ4v) is 4.24. The summed E-state index contributed by atoms with van der Waals surface area (Å²) in [7, 11) is 0. The smallest absolute Gasteiger partial charge is 0.258 e. The molecule has 1 unspecified atom stereocenters. The lowest BCUT2D eigenvalue weighted by atomic mass is 10.1. The largest absolute Gasteiger partial charge is 0.349 e. The highest BCUT2D eigenvalue weighted by Crippen LogP contribution is 2.40. The Morgan fingerprint density at radius 3 is 2.96 bits per heavy atom. The van der Waals surface area contributed by atoms with Crippen LogP contribution in [0, 0.1) is 12.8 Å². The third kappa shape index (κ3) is 3.20. The molecule has 7 nitrogen and oxygen atoms in total. The first-order chi connectivity index (χ1) is 13.0. The van der Waals surface area contributed by atoms with Gasteiger partial charge in [-0.3, -0.25) is 9.48 Å². The van der Waals surface area contributed by atoms with Crippen LogP contribution < -0.4 is 10.5 Å². The molecule has 4 rings (SSSR count). The van der Waals surface area contributed by atoms with Gasteiger partial charge in [0.15, 0.2) is 0 Å². The van der Waals surface area contributed by atoms with Gasteiger partial charge >= 0.3 is 0 Å². The van der Waals surface area contributed by atoms with E-state index in [0.29, 0.717) is 22.0 Å². The molecule has 3 aromatic heterocycles. The van der Waals surface area contributed by atoms with E-state index in [9.17, 15) is 4.79 Å². The number of aromatic nitrogens is 5. The second-order valence-electron chi connectivity index (χ2n) is 7.51. The van der Waals surface area contributed by atoms with Gasteiger partial charge in [-0.2, -0.15) is 5.10 Å². The van der Waals surface area contributed by atoms with Crippen LogP contribution in [-0.2, 0) is 6.54 Å². The molecule has 1 N–H and O–H groups in total. The number of nitrogens with zero attached hydrogens (tertiary/aromatic N) is 5. The van der Waals surface area contributed by atoms with Crippen molar-refractivity contribution in [3.8, 4) is 0 Å². The lowest BCUT2D eigenvalue weighted by Crippen LogP contribution is -2.24. The number of pyridine rings is 1. The molecular weight excluding hydrogens is 364 g/mol. The molecule has 1 aliphatic rings. The Balaban J connectivity index is 1.74. The van der Waals surface area contributed by atoms with Crippen molar-refractivity contribution in [1.29, 1.82) is 0 Å². The molecule has 0 aromatic carbocycles. The van der Waals surface area contributed by atoms with Crippen LogP contribution in [0.15, 0.2) is 23.4 Å². The molecule has 4 heterocycles. The zero-order valence-electron chi connectivity index (χ0n) is 15.7. The predicted octanol–water partition coefficient (Wildman–Crippen LogP) is 3.47. The first-order valence-corrected chi connectivity index (χ1v) is 9.66. The molecular formula is C19H23ClN6O. The van der Waals surface area contributed by atoms with Crippen molar-refractivity contribution in [2.45, 2.75) is 46.2 Å². The number of aromatic amines is 1. The van der Waals surface area contributed by atoms with Crippen molar-refractivity contribution < 1.29 is 0 Å². The number of hydrogen-bond donors (Lipinski definition) is 1. The number of anilines is 1. The normalized spacial score (nSPS) is 17.4. The topological polar surface area (TPSA) is 79.7 Å². The van der Waals surface area contributed by atoms with Gasteiger partial charge in [0, 0.05) is 18.7 Å². The highest BCUT2D eigenvalue weighted by Gasteiger charge is 2.32. The van der Waals surface area contributed by atoms with Crippen molar-refractivity contribution in [1.82, 2.24) is 24.7 Å². The Bertz CT molecular complexity index is 1040. The number of H-pyrrole nitrogens is 1. The molecule has 1 fully saturated rings. The van der Waals surface area contributed by atoms with E-state index in [1.54, 1.807) is 6.20 Å². The number of halogens is 1. The van der Waals surface area contributed by atoms with Gasteiger partial charge in [0.25, 0.3) is 5.56 Å². The second-order valence-corrected chi connectivity index (χ2v) is 7.87. The fourth-order valence-electron chi connectivity index (χ4n) is 3.87. The summed E-state index contributed by atoms with van der Waals surface area (Å²) in [6, 6.07) is 1.93. The zero-order valence-corrected chi connectivity index (χ0v) is 16.5. The van der Waals surface area contributed by atoms with E-state index in [4.69, 9.17) is 11.6 Å². The molecule has 0 bridgehead atoms. The summed E-state index contributed by atoms with van der Waals surface area (Å²) in [5, 5.41) is 5.91. The van der Waals surface area contributed by atoms with E-state index in [2.05, 4.69) is 38.8 Å². The molecule has 0 radical (unpaired) electrons. The highest BCUT2D eigenvalue weighted by molar-refractivity contribution is 6.30. The third-order valence-corrected chi connectivity index (χ3v) is 5.44. The molecule has 0 saturated carbocycles. The predicted molar refractivity (Wildman–Crippen MR) is 106 cm³/mol.